The van der Waals surface area contributed by atoms with Gasteiger partial charge in [-0.1, -0.05) is 11.6 Å². The first-order valence-corrected chi connectivity index (χ1v) is 9.87. The molecular formula is C21H23ClN4O2. The molecule has 1 aromatic carbocycles. The molecule has 7 heteroatoms. The van der Waals surface area contributed by atoms with Crippen LogP contribution in [0.1, 0.15) is 23.3 Å². The van der Waals surface area contributed by atoms with Gasteiger partial charge in [0.15, 0.2) is 11.5 Å². The molecule has 0 bridgehead atoms. The highest BCUT2D eigenvalue weighted by molar-refractivity contribution is 6.30. The smallest absolute Gasteiger partial charge is 0.274 e. The summed E-state index contributed by atoms with van der Waals surface area (Å²) in [5.74, 6) is 1.25. The molecule has 0 aliphatic carbocycles. The monoisotopic (exact) mass is 398 g/mol. The number of nitrogens with zero attached hydrogens (tertiary/aromatic N) is 3. The second-order valence-corrected chi connectivity index (χ2v) is 7.51. The first-order valence-electron chi connectivity index (χ1n) is 9.49. The summed E-state index contributed by atoms with van der Waals surface area (Å²) in [7, 11) is 1.97. The van der Waals surface area contributed by atoms with Crippen molar-refractivity contribution in [1.82, 2.24) is 20.0 Å². The van der Waals surface area contributed by atoms with Crippen molar-refractivity contribution in [3.63, 3.8) is 0 Å². The third kappa shape index (κ3) is 3.84. The Hall–Kier alpha value is -2.57. The van der Waals surface area contributed by atoms with Gasteiger partial charge in [-0.15, -0.1) is 0 Å². The number of rotatable bonds is 5. The Morgan fingerprint density at radius 2 is 2.00 bits per heavy atom. The van der Waals surface area contributed by atoms with Gasteiger partial charge in [-0.3, -0.25) is 4.79 Å². The molecule has 4 rings (SSSR count). The standard InChI is InChI=1S/C21H23ClN4O2/c1-23-14-15-8-10-25(11-9-15)21(27)18-13-19(20-3-2-12-28-20)26(24-18)17-6-4-16(22)5-7-17/h2-7,12-13,15,23H,8-11,14H2,1H3. The molecule has 146 valence electrons. The molecule has 1 amide bonds. The van der Waals surface area contributed by atoms with E-state index in [-0.39, 0.29) is 5.91 Å². The number of halogens is 1. The van der Waals surface area contributed by atoms with Crippen molar-refractivity contribution in [2.75, 3.05) is 26.7 Å². The fourth-order valence-electron chi connectivity index (χ4n) is 3.66. The Labute approximate surface area is 169 Å². The Balaban J connectivity index is 1.62. The molecule has 6 nitrogen and oxygen atoms in total. The van der Waals surface area contributed by atoms with E-state index in [1.165, 1.54) is 0 Å². The number of likely N-dealkylation sites (tertiary alicyclic amines) is 1. The Morgan fingerprint density at radius 1 is 1.25 bits per heavy atom. The van der Waals surface area contributed by atoms with E-state index < -0.39 is 0 Å². The molecule has 3 heterocycles. The number of nitrogens with one attached hydrogen (secondary N) is 1. The maximum atomic E-state index is 13.1. The van der Waals surface area contributed by atoms with Gasteiger partial charge < -0.3 is 14.6 Å². The van der Waals surface area contributed by atoms with Crippen molar-refractivity contribution < 1.29 is 9.21 Å². The number of furan rings is 1. The minimum absolute atomic E-state index is 0.0385. The van der Waals surface area contributed by atoms with Crippen LogP contribution in [0.25, 0.3) is 17.1 Å². The van der Waals surface area contributed by atoms with Crippen molar-refractivity contribution >= 4 is 17.5 Å². The summed E-state index contributed by atoms with van der Waals surface area (Å²) in [6.45, 7) is 2.51. The molecule has 2 aromatic heterocycles. The summed E-state index contributed by atoms with van der Waals surface area (Å²) in [4.78, 5) is 15.0. The fraction of sp³-hybridized carbons (Fsp3) is 0.333. The Kier molecular flexibility index (Phi) is 5.50. The van der Waals surface area contributed by atoms with E-state index in [0.29, 0.717) is 22.4 Å². The van der Waals surface area contributed by atoms with Crippen molar-refractivity contribution in [2.45, 2.75) is 12.8 Å². The predicted octanol–water partition coefficient (Wildman–Crippen LogP) is 3.86. The van der Waals surface area contributed by atoms with Gasteiger partial charge in [-0.25, -0.2) is 4.68 Å². The molecule has 0 unspecified atom stereocenters. The zero-order valence-electron chi connectivity index (χ0n) is 15.8. The second-order valence-electron chi connectivity index (χ2n) is 7.07. The van der Waals surface area contributed by atoms with Crippen LogP contribution in [0.2, 0.25) is 5.02 Å². The average Bonchev–Trinajstić information content (AvgIpc) is 3.39. The SMILES string of the molecule is CNCC1CCN(C(=O)c2cc(-c3ccco3)n(-c3ccc(Cl)cc3)n2)CC1. The van der Waals surface area contributed by atoms with Gasteiger partial charge in [0.2, 0.25) is 0 Å². The number of amides is 1. The van der Waals surface area contributed by atoms with Crippen LogP contribution in [-0.4, -0.2) is 47.3 Å². The van der Waals surface area contributed by atoms with Crippen LogP contribution in [0.5, 0.6) is 0 Å². The molecule has 0 atom stereocenters. The van der Waals surface area contributed by atoms with E-state index >= 15 is 0 Å². The molecule has 1 aliphatic rings. The van der Waals surface area contributed by atoms with Gasteiger partial charge in [0.05, 0.1) is 12.0 Å². The minimum Gasteiger partial charge on any atom is -0.463 e. The van der Waals surface area contributed by atoms with E-state index in [0.717, 1.165) is 43.9 Å². The molecule has 1 saturated heterocycles. The van der Waals surface area contributed by atoms with Gasteiger partial charge in [0.25, 0.3) is 5.91 Å². The lowest BCUT2D eigenvalue weighted by Gasteiger charge is -2.31. The molecule has 28 heavy (non-hydrogen) atoms. The average molecular weight is 399 g/mol. The quantitative estimate of drug-likeness (QED) is 0.708. The molecule has 1 N–H and O–H groups in total. The van der Waals surface area contributed by atoms with Crippen molar-refractivity contribution in [1.29, 1.82) is 0 Å². The summed E-state index contributed by atoms with van der Waals surface area (Å²) in [6.07, 6.45) is 3.63. The number of benzene rings is 1. The van der Waals surface area contributed by atoms with Crippen LogP contribution < -0.4 is 5.32 Å². The van der Waals surface area contributed by atoms with Crippen LogP contribution in [-0.2, 0) is 0 Å². The normalized spacial score (nSPS) is 15.1. The van der Waals surface area contributed by atoms with Crippen LogP contribution in [0.15, 0.2) is 53.1 Å². The van der Waals surface area contributed by atoms with E-state index in [9.17, 15) is 4.79 Å². The first kappa shape index (κ1) is 18.8. The van der Waals surface area contributed by atoms with Crippen LogP contribution in [0.3, 0.4) is 0 Å². The number of carbonyl (C=O) groups is 1. The maximum absolute atomic E-state index is 13.1. The lowest BCUT2D eigenvalue weighted by molar-refractivity contribution is 0.0684. The number of carbonyl (C=O) groups excluding carboxylic acids is 1. The van der Waals surface area contributed by atoms with Crippen molar-refractivity contribution in [3.8, 4) is 17.1 Å². The van der Waals surface area contributed by atoms with Gasteiger partial charge in [0, 0.05) is 24.2 Å². The maximum Gasteiger partial charge on any atom is 0.274 e. The summed E-state index contributed by atoms with van der Waals surface area (Å²) >= 11 is 6.02. The molecule has 0 radical (unpaired) electrons. The second kappa shape index (κ2) is 8.20. The lowest BCUT2D eigenvalue weighted by atomic mass is 9.96. The highest BCUT2D eigenvalue weighted by Crippen LogP contribution is 2.26. The topological polar surface area (TPSA) is 63.3 Å². The molecule has 1 aliphatic heterocycles. The summed E-state index contributed by atoms with van der Waals surface area (Å²) in [5, 5.41) is 8.48. The fourth-order valence-corrected chi connectivity index (χ4v) is 3.78. The third-order valence-electron chi connectivity index (χ3n) is 5.17. The first-order chi connectivity index (χ1) is 13.7. The molecule has 0 spiro atoms. The van der Waals surface area contributed by atoms with Crippen molar-refractivity contribution in [2.24, 2.45) is 5.92 Å². The highest BCUT2D eigenvalue weighted by Gasteiger charge is 2.26. The zero-order chi connectivity index (χ0) is 19.5. The summed E-state index contributed by atoms with van der Waals surface area (Å²) in [6, 6.07) is 12.8. The summed E-state index contributed by atoms with van der Waals surface area (Å²) < 4.78 is 7.30. The van der Waals surface area contributed by atoms with Gasteiger partial charge in [-0.2, -0.15) is 5.10 Å². The van der Waals surface area contributed by atoms with Gasteiger partial charge >= 0.3 is 0 Å². The number of aromatic nitrogens is 2. The highest BCUT2D eigenvalue weighted by atomic mass is 35.5. The lowest BCUT2D eigenvalue weighted by Crippen LogP contribution is -2.40. The van der Waals surface area contributed by atoms with Gasteiger partial charge in [-0.05, 0) is 68.8 Å². The number of piperidine rings is 1. The van der Waals surface area contributed by atoms with E-state index in [1.807, 2.05) is 36.2 Å². The third-order valence-corrected chi connectivity index (χ3v) is 5.42. The molecule has 3 aromatic rings. The van der Waals surface area contributed by atoms with Crippen LogP contribution in [0, 0.1) is 5.92 Å². The minimum atomic E-state index is -0.0385. The molecule has 0 saturated carbocycles. The number of hydrogen-bond donors (Lipinski definition) is 1. The van der Waals surface area contributed by atoms with E-state index in [1.54, 1.807) is 29.1 Å². The largest absolute Gasteiger partial charge is 0.463 e. The molecule has 1 fully saturated rings. The predicted molar refractivity (Wildman–Crippen MR) is 109 cm³/mol. The Morgan fingerprint density at radius 3 is 2.64 bits per heavy atom. The van der Waals surface area contributed by atoms with E-state index in [4.69, 9.17) is 16.0 Å². The van der Waals surface area contributed by atoms with Crippen molar-refractivity contribution in [3.05, 3.63) is 59.4 Å². The van der Waals surface area contributed by atoms with E-state index in [2.05, 4.69) is 10.4 Å². The Bertz CT molecular complexity index is 926. The molecular weight excluding hydrogens is 376 g/mol. The van der Waals surface area contributed by atoms with Crippen LogP contribution in [0.4, 0.5) is 0 Å². The zero-order valence-corrected chi connectivity index (χ0v) is 16.5. The van der Waals surface area contributed by atoms with Gasteiger partial charge in [0.1, 0.15) is 5.69 Å². The summed E-state index contributed by atoms with van der Waals surface area (Å²) in [5.41, 5.74) is 1.98. The number of hydrogen-bond acceptors (Lipinski definition) is 4. The van der Waals surface area contributed by atoms with Crippen LogP contribution >= 0.6 is 11.6 Å².